The first-order valence-corrected chi connectivity index (χ1v) is 10.3. The van der Waals surface area contributed by atoms with Crippen molar-refractivity contribution in [2.45, 2.75) is 52.4 Å². The Bertz CT molecular complexity index is 1100. The standard InChI is InChI=1S/C27H30N2/c1-26(2,3)21-15-12-16-22(27(4,5)6)25(21)29-19-28(20-13-8-7-9-14-20)23-17-10-11-18-24(23)29/h7-18H,1-6H3/q+2. The van der Waals surface area contributed by atoms with Crippen molar-refractivity contribution in [2.24, 2.45) is 0 Å². The topological polar surface area (TPSA) is 6.02 Å². The molecule has 0 amide bonds. The van der Waals surface area contributed by atoms with Crippen LogP contribution in [0.4, 0.5) is 22.7 Å². The summed E-state index contributed by atoms with van der Waals surface area (Å²) in [5, 5.41) is 0. The molecular formula is C27H30N2+2. The summed E-state index contributed by atoms with van der Waals surface area (Å²) in [6, 6.07) is 29.4. The van der Waals surface area contributed by atoms with Gasteiger partial charge in [-0.25, -0.2) is 0 Å². The first kappa shape index (κ1) is 19.4. The summed E-state index contributed by atoms with van der Waals surface area (Å²) in [4.78, 5) is 0. The lowest BCUT2D eigenvalue weighted by Gasteiger charge is -2.25. The average Bonchev–Trinajstić information content (AvgIpc) is 3.06. The summed E-state index contributed by atoms with van der Waals surface area (Å²) < 4.78 is 4.44. The molecule has 0 unspecified atom stereocenters. The van der Waals surface area contributed by atoms with Gasteiger partial charge in [-0.15, -0.1) is 0 Å². The highest BCUT2D eigenvalue weighted by molar-refractivity contribution is 5.86. The Kier molecular flexibility index (Phi) is 4.56. The molecule has 0 aliphatic carbocycles. The van der Waals surface area contributed by atoms with Gasteiger partial charge in [0.25, 0.3) is 11.4 Å². The highest BCUT2D eigenvalue weighted by Crippen LogP contribution is 2.43. The van der Waals surface area contributed by atoms with Crippen molar-refractivity contribution in [2.75, 3.05) is 0 Å². The molecule has 1 heterocycles. The second-order valence-electron chi connectivity index (χ2n) is 9.80. The third kappa shape index (κ3) is 3.45. The zero-order chi connectivity index (χ0) is 20.8. The van der Waals surface area contributed by atoms with Crippen LogP contribution in [0.1, 0.15) is 52.7 Å². The van der Waals surface area contributed by atoms with Crippen molar-refractivity contribution in [1.29, 1.82) is 0 Å². The molecule has 0 saturated carbocycles. The number of fused-ring (bicyclic) bond motifs is 1. The van der Waals surface area contributed by atoms with Crippen LogP contribution in [-0.2, 0) is 10.8 Å². The van der Waals surface area contributed by atoms with E-state index in [1.54, 1.807) is 0 Å². The van der Waals surface area contributed by atoms with Gasteiger partial charge in [0, 0.05) is 35.4 Å². The van der Waals surface area contributed by atoms with Crippen LogP contribution < -0.4 is 9.15 Å². The van der Waals surface area contributed by atoms with Crippen LogP contribution >= 0.6 is 0 Å². The maximum absolute atomic E-state index is 3.68. The van der Waals surface area contributed by atoms with Gasteiger partial charge >= 0.3 is 6.01 Å². The molecule has 3 aromatic rings. The lowest BCUT2D eigenvalue weighted by atomic mass is 9.78. The van der Waals surface area contributed by atoms with Gasteiger partial charge in [-0.3, -0.25) is 0 Å². The van der Waals surface area contributed by atoms with Crippen molar-refractivity contribution in [3.05, 3.63) is 83.9 Å². The van der Waals surface area contributed by atoms with Gasteiger partial charge in [0.1, 0.15) is 0 Å². The van der Waals surface area contributed by atoms with Gasteiger partial charge in [-0.2, -0.15) is 0 Å². The molecule has 2 heteroatoms. The van der Waals surface area contributed by atoms with Gasteiger partial charge in [0.2, 0.25) is 11.4 Å². The monoisotopic (exact) mass is 382 g/mol. The van der Waals surface area contributed by atoms with Crippen LogP contribution in [0.5, 0.6) is 0 Å². The highest BCUT2D eigenvalue weighted by Gasteiger charge is 2.41. The Balaban J connectivity index is 2.10. The number of nitrogens with zero attached hydrogens (tertiary/aromatic N) is 2. The van der Waals surface area contributed by atoms with Crippen molar-refractivity contribution >= 4 is 28.8 Å². The molecule has 1 aliphatic heterocycles. The van der Waals surface area contributed by atoms with Gasteiger partial charge < -0.3 is 0 Å². The summed E-state index contributed by atoms with van der Waals surface area (Å²) >= 11 is 0. The van der Waals surface area contributed by atoms with E-state index in [1.165, 1.54) is 22.5 Å². The summed E-state index contributed by atoms with van der Waals surface area (Å²) in [6.45, 7) is 13.7. The Morgan fingerprint density at radius 3 is 1.55 bits per heavy atom. The van der Waals surface area contributed by atoms with Gasteiger partial charge in [0.15, 0.2) is 0 Å². The van der Waals surface area contributed by atoms with Crippen LogP contribution in [0, 0.1) is 0 Å². The van der Waals surface area contributed by atoms with Crippen LogP contribution in [-0.4, -0.2) is 6.01 Å². The smallest absolute Gasteiger partial charge is 0.0618 e. The molecule has 146 valence electrons. The molecule has 0 N–H and O–H groups in total. The zero-order valence-corrected chi connectivity index (χ0v) is 18.3. The summed E-state index contributed by atoms with van der Waals surface area (Å²) in [5.74, 6) is 0. The first-order valence-electron chi connectivity index (χ1n) is 10.3. The Labute approximate surface area is 174 Å². The van der Waals surface area contributed by atoms with E-state index in [-0.39, 0.29) is 10.8 Å². The second kappa shape index (κ2) is 6.83. The Hall–Kier alpha value is -2.96. The molecule has 0 saturated heterocycles. The van der Waals surface area contributed by atoms with E-state index in [4.69, 9.17) is 0 Å². The maximum Gasteiger partial charge on any atom is 0.503 e. The summed E-state index contributed by atoms with van der Waals surface area (Å²) in [7, 11) is 0. The van der Waals surface area contributed by atoms with E-state index >= 15 is 0 Å². The number of benzene rings is 3. The van der Waals surface area contributed by atoms with Crippen LogP contribution in [0.15, 0.2) is 72.8 Å². The van der Waals surface area contributed by atoms with Crippen molar-refractivity contribution in [3.63, 3.8) is 0 Å². The van der Waals surface area contributed by atoms with Crippen LogP contribution in [0.2, 0.25) is 0 Å². The van der Waals surface area contributed by atoms with Gasteiger partial charge in [-0.05, 0) is 20.0 Å². The minimum absolute atomic E-state index is 0.0212. The quantitative estimate of drug-likeness (QED) is 0.325. The molecule has 1 aliphatic rings. The van der Waals surface area contributed by atoms with E-state index in [9.17, 15) is 0 Å². The minimum Gasteiger partial charge on any atom is -0.0618 e. The molecule has 0 aromatic heterocycles. The molecule has 0 atom stereocenters. The fraction of sp³-hybridized carbons (Fsp3) is 0.296. The molecule has 0 radical (unpaired) electrons. The molecule has 29 heavy (non-hydrogen) atoms. The first-order chi connectivity index (χ1) is 13.7. The van der Waals surface area contributed by atoms with E-state index in [2.05, 4.69) is 129 Å². The van der Waals surface area contributed by atoms with E-state index in [0.717, 1.165) is 11.4 Å². The van der Waals surface area contributed by atoms with Crippen LogP contribution in [0.25, 0.3) is 0 Å². The lowest BCUT2D eigenvalue weighted by molar-refractivity contribution is 0.565. The van der Waals surface area contributed by atoms with E-state index < -0.39 is 0 Å². The number of hydrogen-bond donors (Lipinski definition) is 0. The molecule has 0 bridgehead atoms. The number of para-hydroxylation sites is 4. The third-order valence-corrected chi connectivity index (χ3v) is 5.45. The predicted octanol–water partition coefficient (Wildman–Crippen LogP) is 7.14. The SMILES string of the molecule is CC(C)(C)c1cccc(C(C)(C)C)c1[N+]1=C=[N+](c2ccccc2)c2ccccc21. The normalized spacial score (nSPS) is 13.7. The third-order valence-electron chi connectivity index (χ3n) is 5.45. The molecule has 3 aromatic carbocycles. The second-order valence-corrected chi connectivity index (χ2v) is 9.80. The van der Waals surface area contributed by atoms with Gasteiger partial charge in [-0.1, -0.05) is 90.1 Å². The summed E-state index contributed by atoms with van der Waals surface area (Å²) in [6.07, 6.45) is 0. The molecule has 4 rings (SSSR count). The highest BCUT2D eigenvalue weighted by atomic mass is 15.2. The maximum atomic E-state index is 3.68. The largest absolute Gasteiger partial charge is 0.503 e. The van der Waals surface area contributed by atoms with E-state index in [0.29, 0.717) is 0 Å². The molecule has 2 nitrogen and oxygen atoms in total. The Morgan fingerprint density at radius 1 is 0.552 bits per heavy atom. The molecular weight excluding hydrogens is 352 g/mol. The summed E-state index contributed by atoms with van der Waals surface area (Å²) in [5.41, 5.74) is 7.40. The number of hydrogen-bond acceptors (Lipinski definition) is 0. The molecule has 0 fully saturated rings. The predicted molar refractivity (Wildman–Crippen MR) is 125 cm³/mol. The average molecular weight is 383 g/mol. The van der Waals surface area contributed by atoms with Crippen molar-refractivity contribution < 1.29 is 0 Å². The minimum atomic E-state index is 0.0212. The van der Waals surface area contributed by atoms with Crippen molar-refractivity contribution in [1.82, 2.24) is 9.15 Å². The van der Waals surface area contributed by atoms with E-state index in [1.807, 2.05) is 0 Å². The zero-order valence-electron chi connectivity index (χ0n) is 18.3. The van der Waals surface area contributed by atoms with Crippen molar-refractivity contribution in [3.8, 4) is 0 Å². The molecule has 0 spiro atoms. The fourth-order valence-electron chi connectivity index (χ4n) is 3.99. The Morgan fingerprint density at radius 2 is 1.03 bits per heavy atom. The van der Waals surface area contributed by atoms with Crippen LogP contribution in [0.3, 0.4) is 0 Å². The lowest BCUT2D eigenvalue weighted by Crippen LogP contribution is -2.21. The number of rotatable bonds is 2. The van der Waals surface area contributed by atoms with Gasteiger partial charge in [0.05, 0.1) is 0 Å². The fourth-order valence-corrected chi connectivity index (χ4v) is 3.99.